The normalized spacial score (nSPS) is 10.9. The Balaban J connectivity index is 3.24. The number of hydrogen-bond acceptors (Lipinski definition) is 2. The molecule has 0 rings (SSSR count). The summed E-state index contributed by atoms with van der Waals surface area (Å²) in [5, 5.41) is 0. The quantitative estimate of drug-likeness (QED) is 0.579. The molecule has 0 spiro atoms. The zero-order valence-corrected chi connectivity index (χ0v) is 5.17. The van der Waals surface area contributed by atoms with Gasteiger partial charge in [-0.05, 0) is 0 Å². The molecule has 0 bridgehead atoms. The molecule has 47 valence electrons. The van der Waals surface area contributed by atoms with Crippen LogP contribution in [0.3, 0.4) is 0 Å². The van der Waals surface area contributed by atoms with Crippen molar-refractivity contribution in [1.29, 1.82) is 0 Å². The fourth-order valence-corrected chi connectivity index (χ4v) is 0.220. The van der Waals surface area contributed by atoms with Gasteiger partial charge in [0.05, 0.1) is 0 Å². The van der Waals surface area contributed by atoms with Crippen LogP contribution in [0.15, 0.2) is 0 Å². The maximum Gasteiger partial charge on any atom is 0.417 e. The van der Waals surface area contributed by atoms with Crippen LogP contribution in [0, 0.1) is 0 Å². The van der Waals surface area contributed by atoms with Crippen molar-refractivity contribution in [3.63, 3.8) is 0 Å². The van der Waals surface area contributed by atoms with Crippen molar-refractivity contribution in [2.24, 2.45) is 0 Å². The minimum atomic E-state index is -2.49. The summed E-state index contributed by atoms with van der Waals surface area (Å²) >= 11 is 9.41. The molecule has 0 aromatic carbocycles. The lowest BCUT2D eigenvalue weighted by atomic mass is 10.8. The molecule has 5 heteroatoms. The fourth-order valence-electron chi connectivity index (χ4n) is 0.111. The van der Waals surface area contributed by atoms with Gasteiger partial charge in [-0.2, -0.15) is 0 Å². The van der Waals surface area contributed by atoms with Gasteiger partial charge in [0.15, 0.2) is 6.61 Å². The van der Waals surface area contributed by atoms with E-state index < -0.39 is 11.2 Å². The average Bonchev–Trinajstić information content (AvgIpc) is 1.59. The fraction of sp³-hybridized carbons (Fsp3) is 0.667. The van der Waals surface area contributed by atoms with Gasteiger partial charge in [-0.1, -0.05) is 23.2 Å². The Bertz CT molecular complexity index is 79.8. The maximum absolute atomic E-state index is 11.8. The molecule has 0 amide bonds. The van der Waals surface area contributed by atoms with Crippen LogP contribution in [0.25, 0.3) is 0 Å². The van der Waals surface area contributed by atoms with Gasteiger partial charge in [0, 0.05) is 0 Å². The van der Waals surface area contributed by atoms with Gasteiger partial charge in [-0.25, -0.2) is 9.18 Å². The molecule has 0 aliphatic heterocycles. The largest absolute Gasteiger partial charge is 0.451 e. The summed E-state index contributed by atoms with van der Waals surface area (Å²) in [6.45, 7) is 0.271. The molecule has 8 heavy (non-hydrogen) atoms. The molecule has 0 saturated carbocycles. The van der Waals surface area contributed by atoms with E-state index in [1.54, 1.807) is 0 Å². The van der Waals surface area contributed by atoms with E-state index in [2.05, 4.69) is 4.74 Å². The van der Waals surface area contributed by atoms with E-state index in [0.29, 0.717) is 0 Å². The van der Waals surface area contributed by atoms with Crippen LogP contribution in [0.4, 0.5) is 4.39 Å². The number of halogens is 3. The van der Waals surface area contributed by atoms with E-state index in [0.717, 1.165) is 6.47 Å². The molecule has 0 fully saturated rings. The molecule has 1 radical (unpaired) electrons. The molecular weight excluding hydrogens is 158 g/mol. The van der Waals surface area contributed by atoms with Gasteiger partial charge in [0.25, 0.3) is 4.59 Å². The lowest BCUT2D eigenvalue weighted by Crippen LogP contribution is -2.12. The van der Waals surface area contributed by atoms with Crippen LogP contribution in [0.5, 0.6) is 0 Å². The first-order chi connectivity index (χ1) is 3.56. The van der Waals surface area contributed by atoms with Gasteiger partial charge in [0.2, 0.25) is 0 Å². The highest BCUT2D eigenvalue weighted by atomic mass is 35.5. The molecule has 0 aromatic heterocycles. The topological polar surface area (TPSA) is 26.3 Å². The van der Waals surface area contributed by atoms with E-state index in [4.69, 9.17) is 23.2 Å². The third-order valence-electron chi connectivity index (χ3n) is 0.295. The van der Waals surface area contributed by atoms with Crippen molar-refractivity contribution in [3.05, 3.63) is 0 Å². The van der Waals surface area contributed by atoms with Crippen LogP contribution >= 0.6 is 23.2 Å². The summed E-state index contributed by atoms with van der Waals surface area (Å²) in [5.74, 6) is 0. The second kappa shape index (κ2) is 3.10. The molecule has 0 N–H and O–H groups in total. The lowest BCUT2D eigenvalue weighted by Gasteiger charge is -2.03. The Morgan fingerprint density at radius 1 is 1.75 bits per heavy atom. The van der Waals surface area contributed by atoms with Crippen LogP contribution in [0.1, 0.15) is 0 Å². The second-order valence-corrected chi connectivity index (χ2v) is 2.38. The van der Waals surface area contributed by atoms with E-state index >= 15 is 0 Å². The minimum absolute atomic E-state index is 0.695. The molecule has 2 nitrogen and oxygen atoms in total. The molecule has 0 saturated heterocycles. The molecule has 0 heterocycles. The SMILES string of the molecule is O=[C]OCC(F)(Cl)Cl. The zero-order valence-electron chi connectivity index (χ0n) is 3.66. The van der Waals surface area contributed by atoms with E-state index in [-0.39, 0.29) is 0 Å². The molecule has 0 aliphatic carbocycles. The Labute approximate surface area is 55.5 Å². The summed E-state index contributed by atoms with van der Waals surface area (Å²) < 4.78 is 13.1. The highest BCUT2D eigenvalue weighted by Gasteiger charge is 2.22. The number of rotatable bonds is 3. The average molecular weight is 160 g/mol. The summed E-state index contributed by atoms with van der Waals surface area (Å²) in [6.07, 6.45) is 0. The summed E-state index contributed by atoms with van der Waals surface area (Å²) in [7, 11) is 0. The predicted molar refractivity (Wildman–Crippen MR) is 27.2 cm³/mol. The minimum Gasteiger partial charge on any atom is -0.451 e. The lowest BCUT2D eigenvalue weighted by molar-refractivity contribution is 0.202. The monoisotopic (exact) mass is 159 g/mol. The second-order valence-electron chi connectivity index (χ2n) is 0.987. The maximum atomic E-state index is 11.8. The molecule has 0 aliphatic rings. The number of ether oxygens (including phenoxy) is 1. The predicted octanol–water partition coefficient (Wildman–Crippen LogP) is 1.17. The summed E-state index contributed by atoms with van der Waals surface area (Å²) in [6, 6.07) is 0. The van der Waals surface area contributed by atoms with E-state index in [1.165, 1.54) is 0 Å². The number of hydrogen-bond donors (Lipinski definition) is 0. The first-order valence-corrected chi connectivity index (χ1v) is 2.37. The first kappa shape index (κ1) is 7.98. The van der Waals surface area contributed by atoms with Crippen molar-refractivity contribution in [2.75, 3.05) is 6.61 Å². The van der Waals surface area contributed by atoms with Crippen LogP contribution in [-0.4, -0.2) is 17.7 Å². The third-order valence-corrected chi connectivity index (χ3v) is 0.513. The third kappa shape index (κ3) is 5.98. The Kier molecular flexibility index (Phi) is 3.09. The molecule has 0 aromatic rings. The van der Waals surface area contributed by atoms with Crippen molar-refractivity contribution in [3.8, 4) is 0 Å². The highest BCUT2D eigenvalue weighted by molar-refractivity contribution is 6.47. The molecule has 0 unspecified atom stereocenters. The standard InChI is InChI=1S/C3H2Cl2FO2/c4-3(5,6)1-8-2-7/h1H2. The van der Waals surface area contributed by atoms with Crippen molar-refractivity contribution in [2.45, 2.75) is 4.59 Å². The van der Waals surface area contributed by atoms with Crippen LogP contribution in [0.2, 0.25) is 0 Å². The first-order valence-electron chi connectivity index (χ1n) is 1.62. The van der Waals surface area contributed by atoms with Gasteiger partial charge < -0.3 is 4.74 Å². The Morgan fingerprint density at radius 2 is 2.25 bits per heavy atom. The highest BCUT2D eigenvalue weighted by Crippen LogP contribution is 2.21. The smallest absolute Gasteiger partial charge is 0.417 e. The number of alkyl halides is 3. The van der Waals surface area contributed by atoms with Gasteiger partial charge >= 0.3 is 6.47 Å². The Morgan fingerprint density at radius 3 is 2.38 bits per heavy atom. The molecular formula is C3H2Cl2FO2. The molecule has 0 atom stereocenters. The van der Waals surface area contributed by atoms with E-state index in [9.17, 15) is 9.18 Å². The van der Waals surface area contributed by atoms with Crippen LogP contribution in [-0.2, 0) is 9.53 Å². The van der Waals surface area contributed by atoms with Crippen molar-refractivity contribution in [1.82, 2.24) is 0 Å². The van der Waals surface area contributed by atoms with Crippen molar-refractivity contribution >= 4 is 29.7 Å². The van der Waals surface area contributed by atoms with Gasteiger partial charge in [0.1, 0.15) is 0 Å². The number of carbonyl (C=O) groups excluding carboxylic acids is 1. The van der Waals surface area contributed by atoms with Gasteiger partial charge in [-0.3, -0.25) is 0 Å². The summed E-state index contributed by atoms with van der Waals surface area (Å²) in [4.78, 5) is 9.22. The summed E-state index contributed by atoms with van der Waals surface area (Å²) in [5.41, 5.74) is 0. The van der Waals surface area contributed by atoms with Crippen molar-refractivity contribution < 1.29 is 13.9 Å². The Hall–Kier alpha value is -0.0200. The van der Waals surface area contributed by atoms with Crippen LogP contribution < -0.4 is 0 Å². The van der Waals surface area contributed by atoms with Gasteiger partial charge in [-0.15, -0.1) is 0 Å². The van der Waals surface area contributed by atoms with E-state index in [1.807, 2.05) is 0 Å². The zero-order chi connectivity index (χ0) is 6.62.